The van der Waals surface area contributed by atoms with Gasteiger partial charge in [0.15, 0.2) is 0 Å². The van der Waals surface area contributed by atoms with E-state index >= 15 is 0 Å². The van der Waals surface area contributed by atoms with Crippen LogP contribution in [0.3, 0.4) is 0 Å². The van der Waals surface area contributed by atoms with Crippen LogP contribution in [0.2, 0.25) is 0 Å². The van der Waals surface area contributed by atoms with Crippen molar-refractivity contribution in [2.24, 2.45) is 0 Å². The van der Waals surface area contributed by atoms with Gasteiger partial charge in [0.2, 0.25) is 0 Å². The molecule has 3 rings (SSSR count). The topological polar surface area (TPSA) is 38.3 Å². The molecule has 0 unspecified atom stereocenters. The van der Waals surface area contributed by atoms with Crippen LogP contribution in [-0.2, 0) is 0 Å². The largest absolute Gasteiger partial charge is 0.491 e. The van der Waals surface area contributed by atoms with E-state index in [2.05, 4.69) is 21.2 Å². The minimum absolute atomic E-state index is 0.259. The number of benzene rings is 3. The first-order valence-corrected chi connectivity index (χ1v) is 8.95. The Bertz CT molecular complexity index is 900. The minimum atomic E-state index is -0.452. The second kappa shape index (κ2) is 8.63. The lowest BCUT2D eigenvalue weighted by Crippen LogP contribution is -2.28. The Labute approximate surface area is 159 Å². The summed E-state index contributed by atoms with van der Waals surface area (Å²) in [5, 5.41) is 2.74. The lowest BCUT2D eigenvalue weighted by Gasteiger charge is -2.12. The zero-order valence-electron chi connectivity index (χ0n) is 13.9. The van der Waals surface area contributed by atoms with E-state index in [0.717, 1.165) is 16.9 Å². The smallest absolute Gasteiger partial charge is 0.252 e. The lowest BCUT2D eigenvalue weighted by atomic mass is 10.1. The fourth-order valence-corrected chi connectivity index (χ4v) is 2.97. The number of nitrogens with one attached hydrogen (secondary N) is 1. The third-order valence-corrected chi connectivity index (χ3v) is 4.48. The van der Waals surface area contributed by atoms with Gasteiger partial charge < -0.3 is 10.1 Å². The van der Waals surface area contributed by atoms with E-state index in [4.69, 9.17) is 4.74 Å². The van der Waals surface area contributed by atoms with E-state index in [1.807, 2.05) is 54.6 Å². The quantitative estimate of drug-likeness (QED) is 0.573. The van der Waals surface area contributed by atoms with Gasteiger partial charge in [-0.3, -0.25) is 4.79 Å². The summed E-state index contributed by atoms with van der Waals surface area (Å²) in [5.74, 6) is -0.0532. The van der Waals surface area contributed by atoms with E-state index in [0.29, 0.717) is 17.6 Å². The highest BCUT2D eigenvalue weighted by molar-refractivity contribution is 9.10. The van der Waals surface area contributed by atoms with Gasteiger partial charge in [-0.05, 0) is 45.8 Å². The lowest BCUT2D eigenvalue weighted by molar-refractivity contribution is 0.0946. The van der Waals surface area contributed by atoms with Gasteiger partial charge in [-0.2, -0.15) is 0 Å². The van der Waals surface area contributed by atoms with Crippen molar-refractivity contribution in [1.82, 2.24) is 5.32 Å². The van der Waals surface area contributed by atoms with E-state index in [9.17, 15) is 9.18 Å². The number of ether oxygens (including phenoxy) is 1. The molecular formula is C21H17BrFNO2. The predicted octanol–water partition coefficient (Wildman–Crippen LogP) is 5.06. The van der Waals surface area contributed by atoms with Crippen LogP contribution < -0.4 is 10.1 Å². The van der Waals surface area contributed by atoms with Gasteiger partial charge in [0, 0.05) is 10.0 Å². The predicted molar refractivity (Wildman–Crippen MR) is 104 cm³/mol. The molecule has 0 heterocycles. The number of rotatable bonds is 6. The van der Waals surface area contributed by atoms with E-state index in [1.54, 1.807) is 0 Å². The number of halogens is 2. The van der Waals surface area contributed by atoms with E-state index in [-0.39, 0.29) is 11.5 Å². The first-order chi connectivity index (χ1) is 12.6. The Morgan fingerprint density at radius 2 is 1.73 bits per heavy atom. The highest BCUT2D eigenvalue weighted by atomic mass is 79.9. The maximum Gasteiger partial charge on any atom is 0.252 e. The van der Waals surface area contributed by atoms with Gasteiger partial charge in [-0.1, -0.05) is 48.5 Å². The Balaban J connectivity index is 1.59. The SMILES string of the molecule is O=C(NCCOc1ccccc1-c1ccccc1)c1cc(F)ccc1Br. The monoisotopic (exact) mass is 413 g/mol. The van der Waals surface area contributed by atoms with Crippen LogP contribution in [0.5, 0.6) is 5.75 Å². The molecule has 0 bridgehead atoms. The van der Waals surface area contributed by atoms with Crippen LogP contribution in [0.25, 0.3) is 11.1 Å². The summed E-state index contributed by atoms with van der Waals surface area (Å²) in [5.41, 5.74) is 2.32. The molecular weight excluding hydrogens is 397 g/mol. The molecule has 3 nitrogen and oxygen atoms in total. The van der Waals surface area contributed by atoms with Crippen LogP contribution in [0.1, 0.15) is 10.4 Å². The van der Waals surface area contributed by atoms with Crippen molar-refractivity contribution >= 4 is 21.8 Å². The van der Waals surface area contributed by atoms with Crippen LogP contribution in [0.4, 0.5) is 4.39 Å². The van der Waals surface area contributed by atoms with Crippen molar-refractivity contribution in [2.45, 2.75) is 0 Å². The number of carbonyl (C=O) groups is 1. The first kappa shape index (κ1) is 18.1. The molecule has 0 aliphatic rings. The Hall–Kier alpha value is -2.66. The normalized spacial score (nSPS) is 10.4. The van der Waals surface area contributed by atoms with Crippen molar-refractivity contribution in [3.63, 3.8) is 0 Å². The maximum absolute atomic E-state index is 13.3. The van der Waals surface area contributed by atoms with Crippen molar-refractivity contribution in [3.05, 3.63) is 88.6 Å². The molecule has 5 heteroatoms. The summed E-state index contributed by atoms with van der Waals surface area (Å²) in [7, 11) is 0. The molecule has 0 aliphatic heterocycles. The highest BCUT2D eigenvalue weighted by Crippen LogP contribution is 2.29. The fourth-order valence-electron chi connectivity index (χ4n) is 2.54. The van der Waals surface area contributed by atoms with Crippen LogP contribution in [0.15, 0.2) is 77.3 Å². The van der Waals surface area contributed by atoms with Crippen LogP contribution in [0, 0.1) is 5.82 Å². The third kappa shape index (κ3) is 4.49. The van der Waals surface area contributed by atoms with Gasteiger partial charge in [0.25, 0.3) is 5.91 Å². The average molecular weight is 414 g/mol. The third-order valence-electron chi connectivity index (χ3n) is 3.79. The zero-order valence-corrected chi connectivity index (χ0v) is 15.5. The molecule has 1 N–H and O–H groups in total. The second-order valence-electron chi connectivity index (χ2n) is 5.59. The first-order valence-electron chi connectivity index (χ1n) is 8.15. The number of carbonyl (C=O) groups excluding carboxylic acids is 1. The van der Waals surface area contributed by atoms with Crippen LogP contribution >= 0.6 is 15.9 Å². The highest BCUT2D eigenvalue weighted by Gasteiger charge is 2.11. The summed E-state index contributed by atoms with van der Waals surface area (Å²) in [6.07, 6.45) is 0. The summed E-state index contributed by atoms with van der Waals surface area (Å²) >= 11 is 3.25. The molecule has 26 heavy (non-hydrogen) atoms. The molecule has 132 valence electrons. The van der Waals surface area contributed by atoms with E-state index in [1.165, 1.54) is 18.2 Å². The Morgan fingerprint density at radius 1 is 1.00 bits per heavy atom. The molecule has 0 spiro atoms. The van der Waals surface area contributed by atoms with E-state index < -0.39 is 5.82 Å². The number of para-hydroxylation sites is 1. The zero-order chi connectivity index (χ0) is 18.4. The summed E-state index contributed by atoms with van der Waals surface area (Å²) in [6, 6.07) is 21.7. The minimum Gasteiger partial charge on any atom is -0.491 e. The summed E-state index contributed by atoms with van der Waals surface area (Å²) in [4.78, 5) is 12.2. The van der Waals surface area contributed by atoms with Crippen molar-refractivity contribution < 1.29 is 13.9 Å². The summed E-state index contributed by atoms with van der Waals surface area (Å²) in [6.45, 7) is 0.618. The molecule has 0 aromatic heterocycles. The van der Waals surface area contributed by atoms with Crippen molar-refractivity contribution in [2.75, 3.05) is 13.2 Å². The fraction of sp³-hybridized carbons (Fsp3) is 0.0952. The van der Waals surface area contributed by atoms with Crippen molar-refractivity contribution in [3.8, 4) is 16.9 Å². The molecule has 0 radical (unpaired) electrons. The van der Waals surface area contributed by atoms with Gasteiger partial charge in [0.05, 0.1) is 12.1 Å². The van der Waals surface area contributed by atoms with Crippen molar-refractivity contribution in [1.29, 1.82) is 0 Å². The van der Waals surface area contributed by atoms with Gasteiger partial charge in [-0.25, -0.2) is 4.39 Å². The molecule has 0 fully saturated rings. The molecule has 0 saturated heterocycles. The number of hydrogen-bond donors (Lipinski definition) is 1. The molecule has 1 amide bonds. The average Bonchev–Trinajstić information content (AvgIpc) is 2.68. The molecule has 3 aromatic rings. The molecule has 0 saturated carbocycles. The molecule has 0 aliphatic carbocycles. The number of hydrogen-bond acceptors (Lipinski definition) is 2. The van der Waals surface area contributed by atoms with Gasteiger partial charge >= 0.3 is 0 Å². The Kier molecular flexibility index (Phi) is 6.02. The van der Waals surface area contributed by atoms with Crippen LogP contribution in [-0.4, -0.2) is 19.1 Å². The summed E-state index contributed by atoms with van der Waals surface area (Å²) < 4.78 is 19.7. The van der Waals surface area contributed by atoms with Gasteiger partial charge in [-0.15, -0.1) is 0 Å². The number of amides is 1. The van der Waals surface area contributed by atoms with Gasteiger partial charge in [0.1, 0.15) is 18.2 Å². The maximum atomic E-state index is 13.3. The molecule has 3 aromatic carbocycles. The Morgan fingerprint density at radius 3 is 2.54 bits per heavy atom. The second-order valence-corrected chi connectivity index (χ2v) is 6.45. The standard InChI is InChI=1S/C21H17BrFNO2/c22-19-11-10-16(23)14-18(19)21(25)24-12-13-26-20-9-5-4-8-17(20)15-6-2-1-3-7-15/h1-11,14H,12-13H2,(H,24,25). The molecule has 0 atom stereocenters.